The van der Waals surface area contributed by atoms with Crippen molar-refractivity contribution >= 4 is 26.7 Å². The number of aryl methyl sites for hydroxylation is 1. The number of hydrogen-bond donors (Lipinski definition) is 1. The van der Waals surface area contributed by atoms with Gasteiger partial charge in [0.15, 0.2) is 21.4 Å². The fraction of sp³-hybridized carbons (Fsp3) is 0.273. The fourth-order valence-electron chi connectivity index (χ4n) is 5.75. The molecule has 3 heterocycles. The van der Waals surface area contributed by atoms with Crippen LogP contribution in [0.1, 0.15) is 43.5 Å². The lowest BCUT2D eigenvalue weighted by atomic mass is 9.74. The molecular formula is C33H29F3N2O7S. The molecule has 0 amide bonds. The Morgan fingerprint density at radius 3 is 2.70 bits per heavy atom. The number of nitrogens with one attached hydrogen (secondary N) is 1. The number of benzene rings is 3. The molecule has 3 aromatic carbocycles. The smallest absolute Gasteiger partial charge is 0.306 e. The number of oxazole rings is 1. The highest BCUT2D eigenvalue weighted by Gasteiger charge is 2.39. The first-order valence-corrected chi connectivity index (χ1v) is 16.3. The molecule has 1 aliphatic heterocycles. The number of esters is 1. The highest BCUT2D eigenvalue weighted by Crippen LogP contribution is 2.46. The lowest BCUT2D eigenvalue weighted by Crippen LogP contribution is -2.32. The summed E-state index contributed by atoms with van der Waals surface area (Å²) in [4.78, 5) is 18.5. The quantitative estimate of drug-likeness (QED) is 0.133. The van der Waals surface area contributed by atoms with Crippen molar-refractivity contribution in [3.63, 3.8) is 0 Å². The van der Waals surface area contributed by atoms with E-state index in [1.54, 1.807) is 6.92 Å². The van der Waals surface area contributed by atoms with Gasteiger partial charge in [-0.3, -0.25) is 4.79 Å². The summed E-state index contributed by atoms with van der Waals surface area (Å²) in [5, 5.41) is -0.0925. The molecule has 0 bridgehead atoms. The van der Waals surface area contributed by atoms with Gasteiger partial charge in [0.2, 0.25) is 11.7 Å². The minimum atomic E-state index is -4.10. The zero-order chi connectivity index (χ0) is 32.8. The number of carbonyl (C=O) groups is 1. The van der Waals surface area contributed by atoms with Crippen LogP contribution >= 0.6 is 0 Å². The van der Waals surface area contributed by atoms with Gasteiger partial charge >= 0.3 is 5.97 Å². The van der Waals surface area contributed by atoms with Gasteiger partial charge in [-0.05, 0) is 56.5 Å². The molecule has 9 nitrogen and oxygen atoms in total. The van der Waals surface area contributed by atoms with E-state index >= 15 is 8.78 Å². The summed E-state index contributed by atoms with van der Waals surface area (Å²) in [5.74, 6) is -4.40. The molecule has 0 radical (unpaired) electrons. The molecular weight excluding hydrogens is 625 g/mol. The van der Waals surface area contributed by atoms with Crippen LogP contribution in [0.2, 0.25) is 0 Å². The topological polar surface area (TPSA) is 121 Å². The van der Waals surface area contributed by atoms with Crippen LogP contribution in [0.3, 0.4) is 0 Å². The Morgan fingerprint density at radius 1 is 1.13 bits per heavy atom. The molecule has 1 atom stereocenters. The molecule has 6 rings (SSSR count). The number of fused-ring (bicyclic) bond motifs is 2. The van der Waals surface area contributed by atoms with Gasteiger partial charge in [-0.1, -0.05) is 18.2 Å². The first-order valence-electron chi connectivity index (χ1n) is 14.4. The number of H-pyrrole nitrogens is 1. The van der Waals surface area contributed by atoms with Gasteiger partial charge < -0.3 is 23.6 Å². The lowest BCUT2D eigenvalue weighted by Gasteiger charge is -2.35. The molecule has 0 saturated carbocycles. The van der Waals surface area contributed by atoms with Crippen molar-refractivity contribution in [3.8, 4) is 28.7 Å². The highest BCUT2D eigenvalue weighted by molar-refractivity contribution is 7.91. The third kappa shape index (κ3) is 5.48. The van der Waals surface area contributed by atoms with E-state index in [0.29, 0.717) is 37.5 Å². The van der Waals surface area contributed by atoms with Crippen LogP contribution in [0.25, 0.3) is 22.4 Å². The van der Waals surface area contributed by atoms with E-state index < -0.39 is 43.3 Å². The number of aromatic amines is 1. The average Bonchev–Trinajstić information content (AvgIpc) is 3.71. The Kier molecular flexibility index (Phi) is 8.05. The predicted molar refractivity (Wildman–Crippen MR) is 161 cm³/mol. The van der Waals surface area contributed by atoms with E-state index in [0.717, 1.165) is 29.5 Å². The molecule has 46 heavy (non-hydrogen) atoms. The van der Waals surface area contributed by atoms with Crippen LogP contribution in [0, 0.1) is 17.5 Å². The first kappa shape index (κ1) is 31.2. The molecule has 0 saturated heterocycles. The van der Waals surface area contributed by atoms with Crippen LogP contribution in [-0.4, -0.2) is 43.8 Å². The molecule has 0 spiro atoms. The monoisotopic (exact) mass is 654 g/mol. The highest BCUT2D eigenvalue weighted by atomic mass is 32.2. The van der Waals surface area contributed by atoms with Crippen molar-refractivity contribution in [1.82, 2.24) is 9.97 Å². The zero-order valence-electron chi connectivity index (χ0n) is 25.1. The van der Waals surface area contributed by atoms with E-state index in [2.05, 4.69) is 9.97 Å². The Morgan fingerprint density at radius 2 is 1.93 bits per heavy atom. The largest absolute Gasteiger partial charge is 0.493 e. The Labute approximate surface area is 262 Å². The maximum Gasteiger partial charge on any atom is 0.306 e. The van der Waals surface area contributed by atoms with Crippen molar-refractivity contribution < 1.29 is 45.0 Å². The zero-order valence-corrected chi connectivity index (χ0v) is 25.9. The van der Waals surface area contributed by atoms with E-state index in [1.807, 2.05) is 25.1 Å². The van der Waals surface area contributed by atoms with Crippen molar-refractivity contribution in [3.05, 3.63) is 89.2 Å². The number of ether oxygens (including phenoxy) is 3. The average molecular weight is 655 g/mol. The fourth-order valence-corrected chi connectivity index (χ4v) is 6.78. The molecule has 1 aliphatic rings. The van der Waals surface area contributed by atoms with Gasteiger partial charge in [0.1, 0.15) is 28.5 Å². The Bertz CT molecular complexity index is 2090. The number of para-hydroxylation sites is 1. The number of sulfone groups is 1. The molecule has 0 unspecified atom stereocenters. The standard InChI is InChI=1S/C33H29F3N2O7S/c1-4-42-25(39)11-8-18-6-5-7-22-29(18)43-15-13-33(22,2)24-17-44-32(38-24)21-16-19(9-10-23(21)34)45-30-27(36)26(35)28-20(12-14-37-28)31(30)46(3,40)41/h5-7,9-10,12,14,16-17,37H,4,8,11,13,15H2,1-3H3/t33-/m1/s1. The summed E-state index contributed by atoms with van der Waals surface area (Å²) >= 11 is 0. The number of hydrogen-bond acceptors (Lipinski definition) is 8. The molecule has 0 aliphatic carbocycles. The van der Waals surface area contributed by atoms with Crippen molar-refractivity contribution in [1.29, 1.82) is 0 Å². The summed E-state index contributed by atoms with van der Waals surface area (Å²) in [7, 11) is -4.10. The number of halogens is 3. The summed E-state index contributed by atoms with van der Waals surface area (Å²) < 4.78 is 92.9. The van der Waals surface area contributed by atoms with Crippen LogP contribution < -0.4 is 9.47 Å². The van der Waals surface area contributed by atoms with E-state index in [4.69, 9.17) is 18.6 Å². The lowest BCUT2D eigenvalue weighted by molar-refractivity contribution is -0.143. The van der Waals surface area contributed by atoms with Crippen molar-refractivity contribution in [2.24, 2.45) is 0 Å². The minimum absolute atomic E-state index is 0.0925. The van der Waals surface area contributed by atoms with E-state index in [-0.39, 0.29) is 40.5 Å². The SMILES string of the molecule is CCOC(=O)CCc1cccc2c1OCC[C@@]2(C)c1coc(-c2cc(Oc3c(F)c(F)c4[nH]ccc4c3S(C)(=O)=O)ccc2F)n1. The predicted octanol–water partition coefficient (Wildman–Crippen LogP) is 7.02. The van der Waals surface area contributed by atoms with E-state index in [1.165, 1.54) is 24.6 Å². The molecule has 1 N–H and O–H groups in total. The Hall–Kier alpha value is -4.78. The van der Waals surface area contributed by atoms with Gasteiger partial charge in [0.05, 0.1) is 30.0 Å². The van der Waals surface area contributed by atoms with Gasteiger partial charge in [0, 0.05) is 35.2 Å². The molecule has 2 aromatic heterocycles. The normalized spacial score (nSPS) is 16.2. The maximum atomic E-state index is 15.2. The van der Waals surface area contributed by atoms with Gasteiger partial charge in [-0.2, -0.15) is 4.39 Å². The molecule has 0 fully saturated rings. The van der Waals surface area contributed by atoms with Crippen LogP contribution in [0.15, 0.2) is 64.2 Å². The third-order valence-electron chi connectivity index (χ3n) is 8.08. The molecule has 5 aromatic rings. The molecule has 13 heteroatoms. The Balaban J connectivity index is 1.35. The second-order valence-electron chi connectivity index (χ2n) is 11.1. The van der Waals surface area contributed by atoms with Crippen molar-refractivity contribution in [2.75, 3.05) is 19.5 Å². The summed E-state index contributed by atoms with van der Waals surface area (Å²) in [5.41, 5.74) is 0.982. The second-order valence-corrected chi connectivity index (χ2v) is 13.1. The van der Waals surface area contributed by atoms with Crippen molar-refractivity contribution in [2.45, 2.75) is 43.4 Å². The number of carbonyl (C=O) groups excluding carboxylic acids is 1. The summed E-state index contributed by atoms with van der Waals surface area (Å²) in [6.07, 6.45) is 4.68. The first-order chi connectivity index (χ1) is 21.9. The third-order valence-corrected chi connectivity index (χ3v) is 9.23. The maximum absolute atomic E-state index is 15.2. The number of aromatic nitrogens is 2. The van der Waals surface area contributed by atoms with Gasteiger partial charge in [-0.25, -0.2) is 22.2 Å². The van der Waals surface area contributed by atoms with Gasteiger partial charge in [0.25, 0.3) is 0 Å². The second kappa shape index (κ2) is 11.9. The summed E-state index contributed by atoms with van der Waals surface area (Å²) in [6.45, 7) is 4.36. The van der Waals surface area contributed by atoms with Crippen LogP contribution in [0.4, 0.5) is 13.2 Å². The van der Waals surface area contributed by atoms with E-state index in [9.17, 15) is 17.6 Å². The minimum Gasteiger partial charge on any atom is -0.493 e. The number of nitrogens with zero attached hydrogens (tertiary/aromatic N) is 1. The van der Waals surface area contributed by atoms with Gasteiger partial charge in [-0.15, -0.1) is 0 Å². The summed E-state index contributed by atoms with van der Waals surface area (Å²) in [6, 6.07) is 10.3. The van der Waals surface area contributed by atoms with Crippen LogP contribution in [0.5, 0.6) is 17.2 Å². The molecule has 240 valence electrons. The van der Waals surface area contributed by atoms with Crippen LogP contribution in [-0.2, 0) is 31.2 Å². The number of rotatable bonds is 9.